The lowest BCUT2D eigenvalue weighted by atomic mass is 9.86. The molecule has 0 heterocycles. The molecule has 0 aromatic heterocycles. The van der Waals surface area contributed by atoms with Gasteiger partial charge in [0.25, 0.3) is 5.91 Å². The molecule has 0 unspecified atom stereocenters. The third kappa shape index (κ3) is 3.65. The fraction of sp³-hybridized carbons (Fsp3) is 0.467. The lowest BCUT2D eigenvalue weighted by molar-refractivity contribution is 0.0953. The summed E-state index contributed by atoms with van der Waals surface area (Å²) in [6, 6.07) is 2.16. The molecule has 0 bridgehead atoms. The Morgan fingerprint density at radius 3 is 2.33 bits per heavy atom. The molecule has 0 radical (unpaired) electrons. The highest BCUT2D eigenvalue weighted by molar-refractivity contribution is 5.96. The monoisotopic (exact) mass is 292 g/mol. The summed E-state index contributed by atoms with van der Waals surface area (Å²) in [6.07, 6.45) is 5.11. The summed E-state index contributed by atoms with van der Waals surface area (Å²) < 4.78 is 0. The molecule has 1 aromatic carbocycles. The van der Waals surface area contributed by atoms with Crippen LogP contribution in [-0.4, -0.2) is 26.9 Å². The predicted molar refractivity (Wildman–Crippen MR) is 78.6 cm³/mol. The zero-order chi connectivity index (χ0) is 15.4. The number of carbonyl (C=O) groups is 1. The Hall–Kier alpha value is -2.24. The summed E-state index contributed by atoms with van der Waals surface area (Å²) in [7, 11) is 0. The van der Waals surface area contributed by atoms with Crippen molar-refractivity contribution in [1.29, 1.82) is 0 Å². The van der Waals surface area contributed by atoms with Crippen LogP contribution < -0.4 is 5.43 Å². The third-order valence-corrected chi connectivity index (χ3v) is 3.91. The molecule has 2 rings (SSSR count). The standard InChI is InChI=1S/C15H20N2O4/c1-2-9-3-5-11(6-4-9)16-17-15(21)10-7-12(18)14(20)13(19)8-10/h7-9,18-20H,2-6H2,1H3,(H,17,21). The Balaban J connectivity index is 1.99. The second-order valence-corrected chi connectivity index (χ2v) is 5.33. The molecule has 6 nitrogen and oxygen atoms in total. The number of rotatable bonds is 3. The van der Waals surface area contributed by atoms with Crippen LogP contribution in [0.3, 0.4) is 0 Å². The van der Waals surface area contributed by atoms with Gasteiger partial charge in [-0.2, -0.15) is 5.10 Å². The molecular formula is C15H20N2O4. The van der Waals surface area contributed by atoms with Crippen LogP contribution in [0.1, 0.15) is 49.4 Å². The van der Waals surface area contributed by atoms with Gasteiger partial charge < -0.3 is 15.3 Å². The number of nitrogens with one attached hydrogen (secondary N) is 1. The highest BCUT2D eigenvalue weighted by atomic mass is 16.3. The van der Waals surface area contributed by atoms with Gasteiger partial charge in [0.1, 0.15) is 0 Å². The molecule has 0 atom stereocenters. The lowest BCUT2D eigenvalue weighted by Crippen LogP contribution is -2.22. The van der Waals surface area contributed by atoms with Gasteiger partial charge in [-0.1, -0.05) is 13.3 Å². The van der Waals surface area contributed by atoms with Crippen LogP contribution in [0.5, 0.6) is 17.2 Å². The van der Waals surface area contributed by atoms with Crippen LogP contribution in [0.15, 0.2) is 17.2 Å². The van der Waals surface area contributed by atoms with Gasteiger partial charge >= 0.3 is 0 Å². The van der Waals surface area contributed by atoms with Gasteiger partial charge in [0.15, 0.2) is 17.2 Å². The molecule has 0 aliphatic heterocycles. The Bertz CT molecular complexity index is 536. The van der Waals surface area contributed by atoms with Crippen molar-refractivity contribution in [3.63, 3.8) is 0 Å². The second-order valence-electron chi connectivity index (χ2n) is 5.33. The van der Waals surface area contributed by atoms with Gasteiger partial charge in [-0.15, -0.1) is 0 Å². The first-order chi connectivity index (χ1) is 10.0. The van der Waals surface area contributed by atoms with Gasteiger partial charge in [0.05, 0.1) is 0 Å². The summed E-state index contributed by atoms with van der Waals surface area (Å²) in [5.41, 5.74) is 3.42. The van der Waals surface area contributed by atoms with Crippen molar-refractivity contribution in [1.82, 2.24) is 5.43 Å². The van der Waals surface area contributed by atoms with Crippen molar-refractivity contribution in [2.45, 2.75) is 39.0 Å². The van der Waals surface area contributed by atoms with Gasteiger partial charge in [-0.3, -0.25) is 4.79 Å². The number of phenolic OH excluding ortho intramolecular Hbond substituents is 3. The number of hydrogen-bond acceptors (Lipinski definition) is 5. The Morgan fingerprint density at radius 2 is 1.81 bits per heavy atom. The molecule has 4 N–H and O–H groups in total. The number of carbonyl (C=O) groups excluding carboxylic acids is 1. The predicted octanol–water partition coefficient (Wildman–Crippen LogP) is 2.49. The highest BCUT2D eigenvalue weighted by Gasteiger charge is 2.17. The Labute approximate surface area is 123 Å². The summed E-state index contributed by atoms with van der Waals surface area (Å²) in [6.45, 7) is 2.18. The smallest absolute Gasteiger partial charge is 0.271 e. The average molecular weight is 292 g/mol. The molecule has 114 valence electrons. The van der Waals surface area contributed by atoms with Crippen molar-refractivity contribution in [3.05, 3.63) is 17.7 Å². The van der Waals surface area contributed by atoms with Crippen LogP contribution in [0.2, 0.25) is 0 Å². The minimum atomic E-state index is -0.643. The molecule has 6 heteroatoms. The SMILES string of the molecule is CCC1CCC(=NNC(=O)c2cc(O)c(O)c(O)c2)CC1. The summed E-state index contributed by atoms with van der Waals surface area (Å²) in [4.78, 5) is 11.9. The summed E-state index contributed by atoms with van der Waals surface area (Å²) >= 11 is 0. The molecule has 0 saturated heterocycles. The van der Waals surface area contributed by atoms with E-state index in [1.807, 2.05) is 0 Å². The average Bonchev–Trinajstić information content (AvgIpc) is 2.50. The molecule has 0 spiro atoms. The zero-order valence-corrected chi connectivity index (χ0v) is 12.0. The fourth-order valence-corrected chi connectivity index (χ4v) is 2.46. The number of hydrogen-bond donors (Lipinski definition) is 4. The van der Waals surface area contributed by atoms with Crippen LogP contribution in [-0.2, 0) is 0 Å². The van der Waals surface area contributed by atoms with E-state index < -0.39 is 23.2 Å². The summed E-state index contributed by atoms with van der Waals surface area (Å²) in [5, 5.41) is 32.1. The van der Waals surface area contributed by atoms with Crippen LogP contribution in [0.25, 0.3) is 0 Å². The van der Waals surface area contributed by atoms with Crippen LogP contribution >= 0.6 is 0 Å². The van der Waals surface area contributed by atoms with Crippen LogP contribution in [0.4, 0.5) is 0 Å². The van der Waals surface area contributed by atoms with Crippen molar-refractivity contribution in [2.24, 2.45) is 11.0 Å². The van der Waals surface area contributed by atoms with Crippen molar-refractivity contribution < 1.29 is 20.1 Å². The van der Waals surface area contributed by atoms with E-state index in [-0.39, 0.29) is 5.56 Å². The van der Waals surface area contributed by atoms with E-state index in [0.717, 1.165) is 49.4 Å². The maximum Gasteiger partial charge on any atom is 0.271 e. The number of phenols is 3. The quantitative estimate of drug-likeness (QED) is 0.507. The van der Waals surface area contributed by atoms with E-state index in [1.165, 1.54) is 6.42 Å². The summed E-state index contributed by atoms with van der Waals surface area (Å²) in [5.74, 6) is -1.53. The maximum atomic E-state index is 11.9. The number of nitrogens with zero attached hydrogens (tertiary/aromatic N) is 1. The first-order valence-corrected chi connectivity index (χ1v) is 7.12. The molecule has 1 fully saturated rings. The minimum Gasteiger partial charge on any atom is -0.504 e. The highest BCUT2D eigenvalue weighted by Crippen LogP contribution is 2.35. The lowest BCUT2D eigenvalue weighted by Gasteiger charge is -2.21. The Kier molecular flexibility index (Phi) is 4.67. The second kappa shape index (κ2) is 6.47. The van der Waals surface area contributed by atoms with E-state index in [2.05, 4.69) is 17.5 Å². The van der Waals surface area contributed by atoms with Crippen molar-refractivity contribution in [3.8, 4) is 17.2 Å². The number of aromatic hydroxyl groups is 3. The third-order valence-electron chi connectivity index (χ3n) is 3.91. The Morgan fingerprint density at radius 1 is 1.24 bits per heavy atom. The number of amides is 1. The van der Waals surface area contributed by atoms with Gasteiger partial charge in [0, 0.05) is 11.3 Å². The molecule has 1 saturated carbocycles. The fourth-order valence-electron chi connectivity index (χ4n) is 2.46. The maximum absolute atomic E-state index is 11.9. The van der Waals surface area contributed by atoms with Crippen LogP contribution in [0, 0.1) is 5.92 Å². The molecule has 1 aliphatic carbocycles. The largest absolute Gasteiger partial charge is 0.504 e. The molecule has 21 heavy (non-hydrogen) atoms. The van der Waals surface area contributed by atoms with Gasteiger partial charge in [0.2, 0.25) is 0 Å². The van der Waals surface area contributed by atoms with Crippen molar-refractivity contribution in [2.75, 3.05) is 0 Å². The molecule has 1 aromatic rings. The van der Waals surface area contributed by atoms with E-state index in [9.17, 15) is 20.1 Å². The van der Waals surface area contributed by atoms with Gasteiger partial charge in [-0.05, 0) is 43.7 Å². The van der Waals surface area contributed by atoms with E-state index in [0.29, 0.717) is 0 Å². The molecular weight excluding hydrogens is 272 g/mol. The first kappa shape index (κ1) is 15.2. The number of hydrazone groups is 1. The normalized spacial score (nSPS) is 18.3. The molecule has 1 amide bonds. The van der Waals surface area contributed by atoms with E-state index >= 15 is 0 Å². The van der Waals surface area contributed by atoms with Crippen molar-refractivity contribution >= 4 is 11.6 Å². The zero-order valence-electron chi connectivity index (χ0n) is 12.0. The first-order valence-electron chi connectivity index (χ1n) is 7.12. The van der Waals surface area contributed by atoms with Gasteiger partial charge in [-0.25, -0.2) is 5.43 Å². The minimum absolute atomic E-state index is 0.0365. The van der Waals surface area contributed by atoms with E-state index in [4.69, 9.17) is 0 Å². The topological polar surface area (TPSA) is 102 Å². The number of benzene rings is 1. The molecule has 1 aliphatic rings. The van der Waals surface area contributed by atoms with E-state index in [1.54, 1.807) is 0 Å².